The highest BCUT2D eigenvalue weighted by Crippen LogP contribution is 2.23. The first-order chi connectivity index (χ1) is 8.70. The van der Waals surface area contributed by atoms with Gasteiger partial charge in [-0.05, 0) is 60.5 Å². The second-order valence-electron chi connectivity index (χ2n) is 4.18. The second kappa shape index (κ2) is 6.07. The average molecular weight is 267 g/mol. The summed E-state index contributed by atoms with van der Waals surface area (Å²) in [4.78, 5) is 0. The van der Waals surface area contributed by atoms with Gasteiger partial charge in [0.15, 0.2) is 0 Å². The minimum Gasteiger partial charge on any atom is -0.313 e. The fraction of sp³-hybridized carbons (Fsp3) is 0.286. The van der Waals surface area contributed by atoms with E-state index in [0.29, 0.717) is 5.56 Å². The molecule has 18 heavy (non-hydrogen) atoms. The lowest BCUT2D eigenvalue weighted by atomic mass is 9.99. The molecule has 0 spiro atoms. The van der Waals surface area contributed by atoms with E-state index in [1.54, 1.807) is 18.4 Å². The summed E-state index contributed by atoms with van der Waals surface area (Å²) in [7, 11) is 1.77. The molecule has 1 aromatic carbocycles. The van der Waals surface area contributed by atoms with Crippen molar-refractivity contribution in [3.8, 4) is 0 Å². The maximum absolute atomic E-state index is 13.7. The fourth-order valence-corrected chi connectivity index (χ4v) is 2.69. The van der Waals surface area contributed by atoms with Crippen LogP contribution in [0.15, 0.2) is 35.0 Å². The van der Waals surface area contributed by atoms with Crippen LogP contribution in [-0.4, -0.2) is 7.05 Å². The number of thiophene rings is 1. The smallest absolute Gasteiger partial charge is 0.128 e. The molecule has 0 aliphatic carbocycles. The van der Waals surface area contributed by atoms with Gasteiger partial charge in [-0.25, -0.2) is 8.78 Å². The van der Waals surface area contributed by atoms with E-state index in [-0.39, 0.29) is 11.9 Å². The van der Waals surface area contributed by atoms with E-state index in [9.17, 15) is 8.78 Å². The van der Waals surface area contributed by atoms with Crippen molar-refractivity contribution in [2.24, 2.45) is 0 Å². The third kappa shape index (κ3) is 3.15. The van der Waals surface area contributed by atoms with Crippen molar-refractivity contribution in [3.63, 3.8) is 0 Å². The molecule has 1 aromatic heterocycles. The molecule has 0 aliphatic rings. The molecule has 1 heterocycles. The molecule has 1 atom stereocenters. The lowest BCUT2D eigenvalue weighted by molar-refractivity contribution is 0.501. The Morgan fingerprint density at radius 2 is 2.11 bits per heavy atom. The number of hydrogen-bond acceptors (Lipinski definition) is 2. The van der Waals surface area contributed by atoms with Gasteiger partial charge in [-0.3, -0.25) is 0 Å². The summed E-state index contributed by atoms with van der Waals surface area (Å²) in [5, 5.41) is 7.14. The number of rotatable bonds is 5. The van der Waals surface area contributed by atoms with Gasteiger partial charge in [0.2, 0.25) is 0 Å². The van der Waals surface area contributed by atoms with Gasteiger partial charge in [0.05, 0.1) is 0 Å². The number of hydrogen-bond donors (Lipinski definition) is 1. The number of aryl methyl sites for hydroxylation is 1. The predicted molar refractivity (Wildman–Crippen MR) is 70.8 cm³/mol. The van der Waals surface area contributed by atoms with Crippen LogP contribution < -0.4 is 5.32 Å². The summed E-state index contributed by atoms with van der Waals surface area (Å²) >= 11 is 1.65. The first-order valence-electron chi connectivity index (χ1n) is 5.84. The zero-order valence-electron chi connectivity index (χ0n) is 10.1. The van der Waals surface area contributed by atoms with Gasteiger partial charge >= 0.3 is 0 Å². The Morgan fingerprint density at radius 1 is 1.28 bits per heavy atom. The average Bonchev–Trinajstić information content (AvgIpc) is 2.87. The van der Waals surface area contributed by atoms with E-state index in [4.69, 9.17) is 0 Å². The monoisotopic (exact) mass is 267 g/mol. The van der Waals surface area contributed by atoms with Gasteiger partial charge < -0.3 is 5.32 Å². The Labute approximate surface area is 109 Å². The molecule has 1 unspecified atom stereocenters. The molecule has 96 valence electrons. The summed E-state index contributed by atoms with van der Waals surface area (Å²) in [6.45, 7) is 0. The van der Waals surface area contributed by atoms with Crippen LogP contribution in [0.2, 0.25) is 0 Å². The molecular weight excluding hydrogens is 252 g/mol. The summed E-state index contributed by atoms with van der Waals surface area (Å²) in [5.74, 6) is -0.761. The number of benzene rings is 1. The Kier molecular flexibility index (Phi) is 4.44. The molecule has 0 saturated heterocycles. The van der Waals surface area contributed by atoms with Crippen LogP contribution in [0.3, 0.4) is 0 Å². The molecule has 0 bridgehead atoms. The molecule has 0 aliphatic heterocycles. The van der Waals surface area contributed by atoms with Gasteiger partial charge in [-0.1, -0.05) is 0 Å². The lowest BCUT2D eigenvalue weighted by Crippen LogP contribution is -2.18. The highest BCUT2D eigenvalue weighted by atomic mass is 32.1. The maximum atomic E-state index is 13.7. The molecule has 0 radical (unpaired) electrons. The maximum Gasteiger partial charge on any atom is 0.128 e. The van der Waals surface area contributed by atoms with Crippen molar-refractivity contribution in [2.45, 2.75) is 18.9 Å². The molecule has 0 saturated carbocycles. The van der Waals surface area contributed by atoms with Crippen molar-refractivity contribution >= 4 is 11.3 Å². The molecule has 0 fully saturated rings. The first kappa shape index (κ1) is 13.2. The van der Waals surface area contributed by atoms with E-state index >= 15 is 0 Å². The lowest BCUT2D eigenvalue weighted by Gasteiger charge is -2.17. The summed E-state index contributed by atoms with van der Waals surface area (Å²) < 4.78 is 26.8. The highest BCUT2D eigenvalue weighted by Gasteiger charge is 2.14. The van der Waals surface area contributed by atoms with Crippen LogP contribution in [0.5, 0.6) is 0 Å². The zero-order chi connectivity index (χ0) is 13.0. The summed E-state index contributed by atoms with van der Waals surface area (Å²) in [6, 6.07) is 5.48. The van der Waals surface area contributed by atoms with Crippen LogP contribution in [0.25, 0.3) is 0 Å². The van der Waals surface area contributed by atoms with Crippen molar-refractivity contribution < 1.29 is 8.78 Å². The molecular formula is C14H15F2NS. The molecule has 0 amide bonds. The highest BCUT2D eigenvalue weighted by molar-refractivity contribution is 7.07. The second-order valence-corrected chi connectivity index (χ2v) is 4.96. The van der Waals surface area contributed by atoms with Gasteiger partial charge in [0.1, 0.15) is 11.6 Å². The number of halogens is 2. The summed E-state index contributed by atoms with van der Waals surface area (Å²) in [5.41, 5.74) is 1.63. The van der Waals surface area contributed by atoms with E-state index in [1.165, 1.54) is 17.7 Å². The van der Waals surface area contributed by atoms with E-state index in [2.05, 4.69) is 16.8 Å². The molecule has 2 rings (SSSR count). The van der Waals surface area contributed by atoms with Gasteiger partial charge in [0, 0.05) is 11.6 Å². The topological polar surface area (TPSA) is 12.0 Å². The van der Waals surface area contributed by atoms with Crippen molar-refractivity contribution in [2.75, 3.05) is 7.05 Å². The molecule has 1 N–H and O–H groups in total. The van der Waals surface area contributed by atoms with Crippen LogP contribution in [0, 0.1) is 11.6 Å². The van der Waals surface area contributed by atoms with Gasteiger partial charge in [-0.15, -0.1) is 0 Å². The van der Waals surface area contributed by atoms with Crippen molar-refractivity contribution in [1.82, 2.24) is 5.32 Å². The third-order valence-corrected chi connectivity index (χ3v) is 3.72. The molecule has 4 heteroatoms. The minimum atomic E-state index is -0.401. The SMILES string of the molecule is CNC(CCc1ccsc1)c1cc(F)ccc1F. The quantitative estimate of drug-likeness (QED) is 0.865. The van der Waals surface area contributed by atoms with E-state index in [0.717, 1.165) is 18.9 Å². The van der Waals surface area contributed by atoms with Crippen molar-refractivity contribution in [1.29, 1.82) is 0 Å². The van der Waals surface area contributed by atoms with Crippen LogP contribution in [0.4, 0.5) is 8.78 Å². The fourth-order valence-electron chi connectivity index (χ4n) is 1.98. The number of nitrogens with one attached hydrogen (secondary N) is 1. The van der Waals surface area contributed by atoms with E-state index in [1.807, 2.05) is 5.38 Å². The standard InChI is InChI=1S/C14H15F2NS/c1-17-14(5-2-10-6-7-18-9-10)12-8-11(15)3-4-13(12)16/h3-4,6-9,14,17H,2,5H2,1H3. The van der Waals surface area contributed by atoms with Crippen LogP contribution in [0.1, 0.15) is 23.6 Å². The zero-order valence-corrected chi connectivity index (χ0v) is 10.9. The normalized spacial score (nSPS) is 12.6. The Morgan fingerprint density at radius 3 is 2.78 bits per heavy atom. The minimum absolute atomic E-state index is 0.166. The van der Waals surface area contributed by atoms with Crippen LogP contribution in [-0.2, 0) is 6.42 Å². The van der Waals surface area contributed by atoms with Crippen LogP contribution >= 0.6 is 11.3 Å². The Hall–Kier alpha value is -1.26. The first-order valence-corrected chi connectivity index (χ1v) is 6.78. The summed E-state index contributed by atoms with van der Waals surface area (Å²) in [6.07, 6.45) is 1.60. The van der Waals surface area contributed by atoms with Gasteiger partial charge in [-0.2, -0.15) is 11.3 Å². The molecule has 2 aromatic rings. The third-order valence-electron chi connectivity index (χ3n) is 2.98. The largest absolute Gasteiger partial charge is 0.313 e. The van der Waals surface area contributed by atoms with Gasteiger partial charge in [0.25, 0.3) is 0 Å². The van der Waals surface area contributed by atoms with E-state index < -0.39 is 5.82 Å². The molecule has 1 nitrogen and oxygen atoms in total. The van der Waals surface area contributed by atoms with Crippen molar-refractivity contribution in [3.05, 3.63) is 57.8 Å². The predicted octanol–water partition coefficient (Wildman–Crippen LogP) is 3.92. The Balaban J connectivity index is 2.10. The Bertz CT molecular complexity index is 497.